The Hall–Kier alpha value is -0.440. The Kier molecular flexibility index (Phi) is 3.65. The molecule has 0 unspecified atom stereocenters. The van der Waals surface area contributed by atoms with Gasteiger partial charge < -0.3 is 5.32 Å². The predicted molar refractivity (Wildman–Crippen MR) is 60.5 cm³/mol. The second-order valence-corrected chi connectivity index (χ2v) is 4.03. The van der Waals surface area contributed by atoms with Crippen LogP contribution in [0.15, 0.2) is 6.07 Å². The number of benzene rings is 1. The molecular weight excluding hydrogens is 244 g/mol. The Morgan fingerprint density at radius 1 is 1.29 bits per heavy atom. The Balaban J connectivity index is 3.29. The number of rotatable bonds is 1. The number of anilines is 1. The zero-order chi connectivity index (χ0) is 10.9. The van der Waals surface area contributed by atoms with Gasteiger partial charge in [0.1, 0.15) is 0 Å². The van der Waals surface area contributed by atoms with Crippen molar-refractivity contribution >= 4 is 46.4 Å². The third-order valence-electron chi connectivity index (χ3n) is 1.70. The van der Waals surface area contributed by atoms with Gasteiger partial charge >= 0.3 is 0 Å². The van der Waals surface area contributed by atoms with E-state index in [9.17, 15) is 4.79 Å². The van der Waals surface area contributed by atoms with Crippen LogP contribution in [0.25, 0.3) is 0 Å². The molecule has 0 saturated heterocycles. The lowest BCUT2D eigenvalue weighted by atomic mass is 10.2. The zero-order valence-electron chi connectivity index (χ0n) is 7.62. The van der Waals surface area contributed by atoms with Gasteiger partial charge in [0, 0.05) is 11.9 Å². The van der Waals surface area contributed by atoms with E-state index in [1.54, 1.807) is 13.0 Å². The molecule has 0 aliphatic heterocycles. The molecule has 0 atom stereocenters. The molecule has 0 saturated carbocycles. The minimum absolute atomic E-state index is 0.226. The molecule has 0 aromatic heterocycles. The Labute approximate surface area is 97.1 Å². The smallest absolute Gasteiger partial charge is 0.221 e. The number of carbonyl (C=O) groups excluding carboxylic acids is 1. The highest BCUT2D eigenvalue weighted by Crippen LogP contribution is 2.37. The van der Waals surface area contributed by atoms with Crippen LogP contribution >= 0.6 is 34.8 Å². The van der Waals surface area contributed by atoms with Gasteiger partial charge in [0.25, 0.3) is 0 Å². The molecule has 0 bridgehead atoms. The molecule has 1 aromatic carbocycles. The maximum atomic E-state index is 10.9. The van der Waals surface area contributed by atoms with Crippen LogP contribution in [0.2, 0.25) is 15.1 Å². The molecule has 0 aliphatic rings. The Morgan fingerprint density at radius 3 is 2.36 bits per heavy atom. The number of hydrogen-bond acceptors (Lipinski definition) is 1. The van der Waals surface area contributed by atoms with Crippen LogP contribution in [0.3, 0.4) is 0 Å². The second kappa shape index (κ2) is 4.39. The average Bonchev–Trinajstić information content (AvgIpc) is 2.09. The molecule has 1 aromatic rings. The van der Waals surface area contributed by atoms with Gasteiger partial charge in [-0.2, -0.15) is 0 Å². The van der Waals surface area contributed by atoms with Gasteiger partial charge in [0.15, 0.2) is 0 Å². The van der Waals surface area contributed by atoms with E-state index >= 15 is 0 Å². The first-order chi connectivity index (χ1) is 6.43. The summed E-state index contributed by atoms with van der Waals surface area (Å²) >= 11 is 17.7. The molecule has 2 nitrogen and oxygen atoms in total. The number of hydrogen-bond donors (Lipinski definition) is 1. The van der Waals surface area contributed by atoms with E-state index in [2.05, 4.69) is 5.32 Å². The summed E-state index contributed by atoms with van der Waals surface area (Å²) in [4.78, 5) is 10.9. The largest absolute Gasteiger partial charge is 0.324 e. The van der Waals surface area contributed by atoms with E-state index in [0.29, 0.717) is 26.3 Å². The minimum atomic E-state index is -0.226. The first-order valence-electron chi connectivity index (χ1n) is 3.85. The van der Waals surface area contributed by atoms with Crippen molar-refractivity contribution in [1.82, 2.24) is 0 Å². The van der Waals surface area contributed by atoms with Crippen LogP contribution in [0, 0.1) is 6.92 Å². The fraction of sp³-hybridized carbons (Fsp3) is 0.222. The van der Waals surface area contributed by atoms with Crippen molar-refractivity contribution in [3.05, 3.63) is 26.7 Å². The molecule has 1 N–H and O–H groups in total. The van der Waals surface area contributed by atoms with Gasteiger partial charge in [0.05, 0.1) is 15.7 Å². The first kappa shape index (κ1) is 11.6. The number of carbonyl (C=O) groups is 1. The Morgan fingerprint density at radius 2 is 1.86 bits per heavy atom. The van der Waals surface area contributed by atoms with Crippen molar-refractivity contribution in [1.29, 1.82) is 0 Å². The summed E-state index contributed by atoms with van der Waals surface area (Å²) in [6.07, 6.45) is 0. The van der Waals surface area contributed by atoms with Crippen molar-refractivity contribution in [2.24, 2.45) is 0 Å². The monoisotopic (exact) mass is 251 g/mol. The Bertz CT molecular complexity index is 390. The van der Waals surface area contributed by atoms with E-state index in [1.165, 1.54) is 6.92 Å². The van der Waals surface area contributed by atoms with Crippen LogP contribution in [0.1, 0.15) is 12.5 Å². The molecule has 1 rings (SSSR count). The molecule has 0 spiro atoms. The van der Waals surface area contributed by atoms with Crippen molar-refractivity contribution in [3.63, 3.8) is 0 Å². The van der Waals surface area contributed by atoms with E-state index in [-0.39, 0.29) is 5.91 Å². The highest BCUT2D eigenvalue weighted by atomic mass is 35.5. The first-order valence-corrected chi connectivity index (χ1v) is 4.98. The molecule has 0 radical (unpaired) electrons. The molecule has 14 heavy (non-hydrogen) atoms. The molecule has 76 valence electrons. The van der Waals surface area contributed by atoms with Crippen LogP contribution < -0.4 is 5.32 Å². The second-order valence-electron chi connectivity index (χ2n) is 2.84. The third kappa shape index (κ3) is 2.32. The minimum Gasteiger partial charge on any atom is -0.324 e. The quantitative estimate of drug-likeness (QED) is 0.806. The third-order valence-corrected chi connectivity index (χ3v) is 2.86. The SMILES string of the molecule is CC(=O)Nc1c(Cl)cc(Cl)c(C)c1Cl. The molecule has 5 heteroatoms. The topological polar surface area (TPSA) is 29.1 Å². The van der Waals surface area contributed by atoms with Gasteiger partial charge in [-0.3, -0.25) is 4.79 Å². The summed E-state index contributed by atoms with van der Waals surface area (Å²) in [6, 6.07) is 1.55. The maximum Gasteiger partial charge on any atom is 0.221 e. The lowest BCUT2D eigenvalue weighted by molar-refractivity contribution is -0.114. The van der Waals surface area contributed by atoms with Gasteiger partial charge in [0.2, 0.25) is 5.91 Å². The van der Waals surface area contributed by atoms with Crippen LogP contribution in [0.4, 0.5) is 5.69 Å². The lowest BCUT2D eigenvalue weighted by Gasteiger charge is -2.10. The van der Waals surface area contributed by atoms with Crippen molar-refractivity contribution < 1.29 is 4.79 Å². The van der Waals surface area contributed by atoms with Gasteiger partial charge in [-0.25, -0.2) is 0 Å². The summed E-state index contributed by atoms with van der Waals surface area (Å²) in [5.74, 6) is -0.226. The van der Waals surface area contributed by atoms with Crippen LogP contribution in [0.5, 0.6) is 0 Å². The molecule has 0 aliphatic carbocycles. The fourth-order valence-electron chi connectivity index (χ4n) is 0.979. The normalized spacial score (nSPS) is 10.1. The van der Waals surface area contributed by atoms with Gasteiger partial charge in [-0.15, -0.1) is 0 Å². The van der Waals surface area contributed by atoms with E-state index in [1.807, 2.05) is 0 Å². The molecule has 1 amide bonds. The highest BCUT2D eigenvalue weighted by molar-refractivity contribution is 6.43. The molecular formula is C9H8Cl3NO. The number of halogens is 3. The van der Waals surface area contributed by atoms with Crippen molar-refractivity contribution in [2.75, 3.05) is 5.32 Å². The number of amides is 1. The summed E-state index contributed by atoms with van der Waals surface area (Å²) in [6.45, 7) is 3.14. The molecule has 0 fully saturated rings. The van der Waals surface area contributed by atoms with Crippen LogP contribution in [-0.4, -0.2) is 5.91 Å². The number of nitrogens with one attached hydrogen (secondary N) is 1. The zero-order valence-corrected chi connectivity index (χ0v) is 9.89. The van der Waals surface area contributed by atoms with Gasteiger partial charge in [-0.1, -0.05) is 34.8 Å². The fourth-order valence-corrected chi connectivity index (χ4v) is 1.84. The lowest BCUT2D eigenvalue weighted by Crippen LogP contribution is -2.07. The highest BCUT2D eigenvalue weighted by Gasteiger charge is 2.12. The maximum absolute atomic E-state index is 10.9. The van der Waals surface area contributed by atoms with Gasteiger partial charge in [-0.05, 0) is 18.6 Å². The summed E-state index contributed by atoms with van der Waals surface area (Å²) in [7, 11) is 0. The van der Waals surface area contributed by atoms with E-state index < -0.39 is 0 Å². The van der Waals surface area contributed by atoms with E-state index in [4.69, 9.17) is 34.8 Å². The van der Waals surface area contributed by atoms with E-state index in [0.717, 1.165) is 0 Å². The van der Waals surface area contributed by atoms with Crippen LogP contribution in [-0.2, 0) is 4.79 Å². The van der Waals surface area contributed by atoms with Crippen molar-refractivity contribution in [2.45, 2.75) is 13.8 Å². The summed E-state index contributed by atoms with van der Waals surface area (Å²) in [5.41, 5.74) is 1.10. The summed E-state index contributed by atoms with van der Waals surface area (Å²) in [5, 5.41) is 3.74. The predicted octanol–water partition coefficient (Wildman–Crippen LogP) is 3.91. The molecule has 0 heterocycles. The average molecular weight is 253 g/mol. The summed E-state index contributed by atoms with van der Waals surface area (Å²) < 4.78 is 0. The van der Waals surface area contributed by atoms with Crippen molar-refractivity contribution in [3.8, 4) is 0 Å². The standard InChI is InChI=1S/C9H8Cl3NO/c1-4-6(10)3-7(11)9(8(4)12)13-5(2)14/h3H,1-2H3,(H,13,14).